The molecule has 0 unspecified atom stereocenters. The Morgan fingerprint density at radius 1 is 1.24 bits per heavy atom. The molecule has 7 nitrogen and oxygen atoms in total. The van der Waals surface area contributed by atoms with E-state index in [0.717, 1.165) is 11.1 Å². The van der Waals surface area contributed by atoms with Crippen molar-refractivity contribution in [2.75, 3.05) is 5.32 Å². The third-order valence-electron chi connectivity index (χ3n) is 3.72. The van der Waals surface area contributed by atoms with Crippen LogP contribution in [-0.4, -0.2) is 30.5 Å². The smallest absolute Gasteiger partial charge is 0.258 e. The largest absolute Gasteiger partial charge is 0.306 e. The second-order valence-electron chi connectivity index (χ2n) is 5.50. The van der Waals surface area contributed by atoms with Crippen LogP contribution in [0.4, 0.5) is 10.3 Å². The highest BCUT2D eigenvalue weighted by Crippen LogP contribution is 2.11. The molecule has 1 aromatic carbocycles. The number of imidazole rings is 1. The van der Waals surface area contributed by atoms with Crippen LogP contribution in [0, 0.1) is 5.82 Å². The van der Waals surface area contributed by atoms with Crippen molar-refractivity contribution in [3.8, 4) is 0 Å². The van der Waals surface area contributed by atoms with Crippen molar-refractivity contribution in [1.29, 1.82) is 0 Å². The molecule has 1 amide bonds. The van der Waals surface area contributed by atoms with Gasteiger partial charge in [-0.05, 0) is 29.8 Å². The summed E-state index contributed by atoms with van der Waals surface area (Å²) in [6.07, 6.45) is 5.55. The van der Waals surface area contributed by atoms with E-state index in [1.54, 1.807) is 43.0 Å². The van der Waals surface area contributed by atoms with Gasteiger partial charge in [0.25, 0.3) is 5.91 Å². The first kappa shape index (κ1) is 15.0. The van der Waals surface area contributed by atoms with E-state index in [-0.39, 0.29) is 17.7 Å². The number of halogens is 1. The predicted octanol–water partition coefficient (Wildman–Crippen LogP) is 2.43. The molecular weight excluding hydrogens is 323 g/mol. The third-order valence-corrected chi connectivity index (χ3v) is 3.72. The van der Waals surface area contributed by atoms with E-state index < -0.39 is 0 Å². The lowest BCUT2D eigenvalue weighted by atomic mass is 10.1. The molecule has 124 valence electrons. The van der Waals surface area contributed by atoms with Crippen molar-refractivity contribution in [3.05, 3.63) is 77.9 Å². The molecule has 0 atom stereocenters. The molecule has 4 aromatic rings. The summed E-state index contributed by atoms with van der Waals surface area (Å²) in [5.41, 5.74) is 2.19. The number of carbonyl (C=O) groups is 1. The highest BCUT2D eigenvalue weighted by Gasteiger charge is 2.11. The average molecular weight is 336 g/mol. The van der Waals surface area contributed by atoms with Crippen molar-refractivity contribution >= 4 is 17.4 Å². The van der Waals surface area contributed by atoms with Gasteiger partial charge in [-0.1, -0.05) is 12.1 Å². The van der Waals surface area contributed by atoms with Crippen LogP contribution in [0.5, 0.6) is 0 Å². The fraction of sp³-hybridized carbons (Fsp3) is 0.0588. The van der Waals surface area contributed by atoms with Gasteiger partial charge >= 0.3 is 0 Å². The highest BCUT2D eigenvalue weighted by molar-refractivity contribution is 6.03. The first-order chi connectivity index (χ1) is 12.2. The lowest BCUT2D eigenvalue weighted by molar-refractivity contribution is 0.102. The second kappa shape index (κ2) is 6.16. The Morgan fingerprint density at radius 3 is 2.92 bits per heavy atom. The maximum absolute atomic E-state index is 12.9. The third kappa shape index (κ3) is 3.23. The van der Waals surface area contributed by atoms with E-state index in [9.17, 15) is 9.18 Å². The highest BCUT2D eigenvalue weighted by atomic mass is 19.1. The minimum Gasteiger partial charge on any atom is -0.306 e. The van der Waals surface area contributed by atoms with Gasteiger partial charge in [-0.2, -0.15) is 4.98 Å². The van der Waals surface area contributed by atoms with E-state index in [2.05, 4.69) is 25.5 Å². The standard InChI is InChI=1S/C17H13FN6O/c18-13-3-1-11(2-4-13)7-15-20-17(23-22-15)21-16(25)12-5-6-24-10-19-9-14(24)8-12/h1-6,8-10H,7H2,(H2,20,21,22,23,25). The van der Waals surface area contributed by atoms with Crippen molar-refractivity contribution in [1.82, 2.24) is 24.6 Å². The van der Waals surface area contributed by atoms with Gasteiger partial charge in [0.1, 0.15) is 11.6 Å². The van der Waals surface area contributed by atoms with E-state index in [1.165, 1.54) is 12.1 Å². The van der Waals surface area contributed by atoms with Gasteiger partial charge in [0.2, 0.25) is 5.95 Å². The zero-order valence-corrected chi connectivity index (χ0v) is 13.0. The number of H-pyrrole nitrogens is 1. The molecule has 0 aliphatic carbocycles. The quantitative estimate of drug-likeness (QED) is 0.599. The number of fused-ring (bicyclic) bond motifs is 1. The molecule has 0 spiro atoms. The Balaban J connectivity index is 1.46. The van der Waals surface area contributed by atoms with Crippen LogP contribution in [-0.2, 0) is 6.42 Å². The summed E-state index contributed by atoms with van der Waals surface area (Å²) in [5.74, 6) is 0.170. The molecule has 0 fully saturated rings. The van der Waals surface area contributed by atoms with Crippen LogP contribution in [0.15, 0.2) is 55.1 Å². The number of pyridine rings is 1. The van der Waals surface area contributed by atoms with Gasteiger partial charge < -0.3 is 4.40 Å². The summed E-state index contributed by atoms with van der Waals surface area (Å²) >= 11 is 0. The minimum absolute atomic E-state index is 0.190. The normalized spacial score (nSPS) is 10.9. The molecule has 8 heteroatoms. The summed E-state index contributed by atoms with van der Waals surface area (Å²) in [6.45, 7) is 0. The first-order valence-electron chi connectivity index (χ1n) is 7.56. The zero-order valence-electron chi connectivity index (χ0n) is 13.0. The molecule has 4 rings (SSSR count). The Bertz CT molecular complexity index is 1040. The molecule has 0 saturated heterocycles. The van der Waals surface area contributed by atoms with Gasteiger partial charge in [-0.15, -0.1) is 5.10 Å². The van der Waals surface area contributed by atoms with Crippen molar-refractivity contribution in [2.24, 2.45) is 0 Å². The van der Waals surface area contributed by atoms with Gasteiger partial charge in [-0.25, -0.2) is 9.37 Å². The van der Waals surface area contributed by atoms with Crippen molar-refractivity contribution in [2.45, 2.75) is 6.42 Å². The molecule has 0 bridgehead atoms. The summed E-state index contributed by atoms with van der Waals surface area (Å²) in [6, 6.07) is 9.56. The number of nitrogens with one attached hydrogen (secondary N) is 2. The molecule has 2 N–H and O–H groups in total. The number of aromatic amines is 1. The Kier molecular flexibility index (Phi) is 3.70. The summed E-state index contributed by atoms with van der Waals surface area (Å²) in [7, 11) is 0. The first-order valence-corrected chi connectivity index (χ1v) is 7.56. The Hall–Kier alpha value is -3.55. The van der Waals surface area contributed by atoms with Gasteiger partial charge in [0, 0.05) is 18.2 Å². The van der Waals surface area contributed by atoms with Crippen LogP contribution in [0.2, 0.25) is 0 Å². The van der Waals surface area contributed by atoms with Gasteiger partial charge in [0.15, 0.2) is 0 Å². The maximum Gasteiger partial charge on any atom is 0.258 e. The minimum atomic E-state index is -0.309. The molecule has 3 aromatic heterocycles. The second-order valence-corrected chi connectivity index (χ2v) is 5.50. The number of hydrogen-bond donors (Lipinski definition) is 2. The monoisotopic (exact) mass is 336 g/mol. The number of amides is 1. The van der Waals surface area contributed by atoms with E-state index >= 15 is 0 Å². The number of hydrogen-bond acceptors (Lipinski definition) is 4. The number of aromatic nitrogens is 5. The fourth-order valence-electron chi connectivity index (χ4n) is 2.46. The molecule has 0 radical (unpaired) electrons. The Labute approximate surface area is 141 Å². The summed E-state index contributed by atoms with van der Waals surface area (Å²) < 4.78 is 14.7. The lowest BCUT2D eigenvalue weighted by Gasteiger charge is -2.01. The SMILES string of the molecule is O=C(Nc1n[nH]c(Cc2ccc(F)cc2)n1)c1ccn2cncc2c1. The van der Waals surface area contributed by atoms with Crippen LogP contribution < -0.4 is 5.32 Å². The molecule has 0 aliphatic heterocycles. The van der Waals surface area contributed by atoms with Crippen molar-refractivity contribution < 1.29 is 9.18 Å². The average Bonchev–Trinajstić information content (AvgIpc) is 3.25. The van der Waals surface area contributed by atoms with E-state index in [4.69, 9.17) is 0 Å². The lowest BCUT2D eigenvalue weighted by Crippen LogP contribution is -2.13. The van der Waals surface area contributed by atoms with E-state index in [0.29, 0.717) is 17.8 Å². The van der Waals surface area contributed by atoms with Crippen LogP contribution in [0.3, 0.4) is 0 Å². The van der Waals surface area contributed by atoms with Crippen LogP contribution in [0.25, 0.3) is 5.52 Å². The fourth-order valence-corrected chi connectivity index (χ4v) is 2.46. The number of benzene rings is 1. The van der Waals surface area contributed by atoms with Crippen molar-refractivity contribution in [3.63, 3.8) is 0 Å². The molecular formula is C17H13FN6O. The number of anilines is 1. The zero-order chi connectivity index (χ0) is 17.2. The predicted molar refractivity (Wildman–Crippen MR) is 88.7 cm³/mol. The summed E-state index contributed by atoms with van der Waals surface area (Å²) in [4.78, 5) is 20.6. The summed E-state index contributed by atoms with van der Waals surface area (Å²) in [5, 5.41) is 9.40. The number of rotatable bonds is 4. The number of carbonyl (C=O) groups excluding carboxylic acids is 1. The topological polar surface area (TPSA) is 88.0 Å². The van der Waals surface area contributed by atoms with Crippen LogP contribution >= 0.6 is 0 Å². The molecule has 25 heavy (non-hydrogen) atoms. The molecule has 0 aliphatic rings. The molecule has 3 heterocycles. The number of nitrogens with zero attached hydrogens (tertiary/aromatic N) is 4. The van der Waals surface area contributed by atoms with Gasteiger partial charge in [0.05, 0.1) is 18.0 Å². The Morgan fingerprint density at radius 2 is 2.08 bits per heavy atom. The maximum atomic E-state index is 12.9. The van der Waals surface area contributed by atoms with Crippen LogP contribution in [0.1, 0.15) is 21.7 Å². The molecule has 0 saturated carbocycles. The van der Waals surface area contributed by atoms with Gasteiger partial charge in [-0.3, -0.25) is 15.2 Å². The van der Waals surface area contributed by atoms with E-state index in [1.807, 2.05) is 4.40 Å².